The van der Waals surface area contributed by atoms with Gasteiger partial charge in [0.05, 0.1) is 21.6 Å². The van der Waals surface area contributed by atoms with Crippen LogP contribution in [-0.4, -0.2) is 17.9 Å². The predicted octanol–water partition coefficient (Wildman–Crippen LogP) is 3.64. The molecule has 0 spiro atoms. The van der Waals surface area contributed by atoms with Gasteiger partial charge in [0.1, 0.15) is 0 Å². The fourth-order valence-electron chi connectivity index (χ4n) is 1.85. The molecule has 4 nitrogen and oxygen atoms in total. The molecule has 2 aromatic rings. The van der Waals surface area contributed by atoms with E-state index < -0.39 is 0 Å². The van der Waals surface area contributed by atoms with Gasteiger partial charge in [-0.15, -0.1) is 11.3 Å². The van der Waals surface area contributed by atoms with E-state index in [1.807, 2.05) is 32.0 Å². The van der Waals surface area contributed by atoms with Gasteiger partial charge in [-0.25, -0.2) is 0 Å². The van der Waals surface area contributed by atoms with Crippen molar-refractivity contribution in [3.8, 4) is 0 Å². The Morgan fingerprint density at radius 1 is 1.45 bits per heavy atom. The van der Waals surface area contributed by atoms with Gasteiger partial charge in [0.15, 0.2) is 0 Å². The summed E-state index contributed by atoms with van der Waals surface area (Å²) in [5.41, 5.74) is 2.17. The number of anilines is 1. The number of carbonyl (C=O) groups is 1. The van der Waals surface area contributed by atoms with Gasteiger partial charge in [0.25, 0.3) is 5.91 Å². The van der Waals surface area contributed by atoms with Gasteiger partial charge in [-0.1, -0.05) is 11.6 Å². The van der Waals surface area contributed by atoms with Crippen molar-refractivity contribution in [2.24, 2.45) is 0 Å². The first kappa shape index (κ1) is 14.8. The Bertz CT molecular complexity index is 627. The normalized spacial score (nSPS) is 12.0. The van der Waals surface area contributed by atoms with Crippen molar-refractivity contribution in [1.29, 1.82) is 0 Å². The second-order valence-electron chi connectivity index (χ2n) is 4.46. The number of hydrogen-bond acceptors (Lipinski definition) is 4. The zero-order valence-electron chi connectivity index (χ0n) is 11.5. The van der Waals surface area contributed by atoms with Crippen LogP contribution in [0.5, 0.6) is 0 Å². The number of carbonyl (C=O) groups excluding carboxylic acids is 1. The van der Waals surface area contributed by atoms with E-state index in [0.29, 0.717) is 9.90 Å². The van der Waals surface area contributed by atoms with E-state index >= 15 is 0 Å². The van der Waals surface area contributed by atoms with Crippen LogP contribution in [0.15, 0.2) is 24.4 Å². The second kappa shape index (κ2) is 6.24. The molecule has 1 atom stereocenters. The minimum Gasteiger partial charge on any atom is -0.387 e. The predicted molar refractivity (Wildman–Crippen MR) is 83.7 cm³/mol. The maximum absolute atomic E-state index is 12.3. The van der Waals surface area contributed by atoms with E-state index in [1.54, 1.807) is 13.2 Å². The molecular formula is C14H16ClN3OS. The number of nitrogens with zero attached hydrogens (tertiary/aromatic N) is 1. The van der Waals surface area contributed by atoms with Gasteiger partial charge in [0, 0.05) is 23.8 Å². The number of nitrogens with one attached hydrogen (secondary N) is 2. The summed E-state index contributed by atoms with van der Waals surface area (Å²) in [7, 11) is 1.79. The number of thiophene rings is 1. The largest absolute Gasteiger partial charge is 0.387 e. The fourth-order valence-corrected chi connectivity index (χ4v) is 2.92. The summed E-state index contributed by atoms with van der Waals surface area (Å²) >= 11 is 7.37. The molecule has 0 fully saturated rings. The molecule has 2 rings (SSSR count). The highest BCUT2D eigenvalue weighted by molar-refractivity contribution is 7.16. The number of rotatable bonds is 4. The van der Waals surface area contributed by atoms with Crippen LogP contribution in [0, 0.1) is 6.92 Å². The van der Waals surface area contributed by atoms with Crippen LogP contribution in [0.2, 0.25) is 4.34 Å². The quantitative estimate of drug-likeness (QED) is 0.906. The SMILES string of the molecule is CNc1cc(C)ncc1C(=O)NC(C)c1ccc(Cl)s1. The summed E-state index contributed by atoms with van der Waals surface area (Å²) in [6.45, 7) is 3.82. The Hall–Kier alpha value is -1.59. The van der Waals surface area contributed by atoms with Gasteiger partial charge in [-0.2, -0.15) is 0 Å². The lowest BCUT2D eigenvalue weighted by Gasteiger charge is -2.14. The molecule has 0 saturated carbocycles. The number of aryl methyl sites for hydroxylation is 1. The van der Waals surface area contributed by atoms with Gasteiger partial charge in [-0.05, 0) is 32.0 Å². The molecule has 0 saturated heterocycles. The molecule has 0 aliphatic rings. The Morgan fingerprint density at radius 2 is 2.20 bits per heavy atom. The van der Waals surface area contributed by atoms with Crippen LogP contribution >= 0.6 is 22.9 Å². The molecule has 2 aromatic heterocycles. The Morgan fingerprint density at radius 3 is 2.80 bits per heavy atom. The molecule has 1 unspecified atom stereocenters. The van der Waals surface area contributed by atoms with Gasteiger partial charge in [0.2, 0.25) is 0 Å². The molecule has 2 N–H and O–H groups in total. The molecular weight excluding hydrogens is 294 g/mol. The van der Waals surface area contributed by atoms with Crippen molar-refractivity contribution in [3.63, 3.8) is 0 Å². The van der Waals surface area contributed by atoms with Crippen LogP contribution < -0.4 is 10.6 Å². The van der Waals surface area contributed by atoms with Gasteiger partial charge in [-0.3, -0.25) is 9.78 Å². The molecule has 0 radical (unpaired) electrons. The molecule has 0 aliphatic carbocycles. The van der Waals surface area contributed by atoms with E-state index in [0.717, 1.165) is 16.3 Å². The van der Waals surface area contributed by atoms with Crippen molar-refractivity contribution >= 4 is 34.5 Å². The van der Waals surface area contributed by atoms with Crippen molar-refractivity contribution in [2.75, 3.05) is 12.4 Å². The number of hydrogen-bond donors (Lipinski definition) is 2. The van der Waals surface area contributed by atoms with Crippen molar-refractivity contribution < 1.29 is 4.79 Å². The van der Waals surface area contributed by atoms with E-state index in [9.17, 15) is 4.79 Å². The Balaban J connectivity index is 2.16. The number of aromatic nitrogens is 1. The molecule has 0 aliphatic heterocycles. The van der Waals surface area contributed by atoms with Crippen LogP contribution in [0.4, 0.5) is 5.69 Å². The zero-order valence-corrected chi connectivity index (χ0v) is 13.1. The van der Waals surface area contributed by atoms with Crippen LogP contribution in [0.25, 0.3) is 0 Å². The molecule has 0 bridgehead atoms. The lowest BCUT2D eigenvalue weighted by atomic mass is 10.1. The summed E-state index contributed by atoms with van der Waals surface area (Å²) in [6, 6.07) is 5.51. The second-order valence-corrected chi connectivity index (χ2v) is 6.20. The molecule has 106 valence electrons. The lowest BCUT2D eigenvalue weighted by molar-refractivity contribution is 0.0941. The average Bonchev–Trinajstić information content (AvgIpc) is 2.85. The summed E-state index contributed by atoms with van der Waals surface area (Å²) in [4.78, 5) is 17.5. The highest BCUT2D eigenvalue weighted by atomic mass is 35.5. The van der Waals surface area contributed by atoms with E-state index in [4.69, 9.17) is 11.6 Å². The molecule has 2 heterocycles. The summed E-state index contributed by atoms with van der Waals surface area (Å²) in [6.07, 6.45) is 1.59. The first-order valence-electron chi connectivity index (χ1n) is 6.21. The highest BCUT2D eigenvalue weighted by Crippen LogP contribution is 2.27. The topological polar surface area (TPSA) is 54.0 Å². The van der Waals surface area contributed by atoms with Gasteiger partial charge < -0.3 is 10.6 Å². The summed E-state index contributed by atoms with van der Waals surface area (Å²) < 4.78 is 0.717. The third-order valence-corrected chi connectivity index (χ3v) is 4.34. The molecule has 1 amide bonds. The summed E-state index contributed by atoms with van der Waals surface area (Å²) in [5, 5.41) is 5.97. The van der Waals surface area contributed by atoms with E-state index in [2.05, 4.69) is 15.6 Å². The maximum atomic E-state index is 12.3. The van der Waals surface area contributed by atoms with Gasteiger partial charge >= 0.3 is 0 Å². The van der Waals surface area contributed by atoms with E-state index in [1.165, 1.54) is 11.3 Å². The third-order valence-electron chi connectivity index (χ3n) is 2.92. The fraction of sp³-hybridized carbons (Fsp3) is 0.286. The van der Waals surface area contributed by atoms with Crippen LogP contribution in [0.3, 0.4) is 0 Å². The number of amides is 1. The average molecular weight is 310 g/mol. The lowest BCUT2D eigenvalue weighted by Crippen LogP contribution is -2.27. The van der Waals surface area contributed by atoms with Crippen LogP contribution in [0.1, 0.15) is 33.9 Å². The van der Waals surface area contributed by atoms with Crippen LogP contribution in [-0.2, 0) is 0 Å². The minimum absolute atomic E-state index is 0.0917. The Labute approximate surface area is 127 Å². The first-order chi connectivity index (χ1) is 9.51. The minimum atomic E-state index is -0.154. The van der Waals surface area contributed by atoms with Crippen molar-refractivity contribution in [2.45, 2.75) is 19.9 Å². The molecule has 0 aromatic carbocycles. The standard InChI is InChI=1S/C14H16ClN3OS/c1-8-6-11(16-3)10(7-17-8)14(19)18-9(2)12-4-5-13(15)20-12/h4-7,9H,1-3H3,(H,16,17)(H,18,19). The first-order valence-corrected chi connectivity index (χ1v) is 7.41. The Kier molecular flexibility index (Phi) is 4.62. The van der Waals surface area contributed by atoms with Crippen molar-refractivity contribution in [1.82, 2.24) is 10.3 Å². The smallest absolute Gasteiger partial charge is 0.255 e. The maximum Gasteiger partial charge on any atom is 0.255 e. The van der Waals surface area contributed by atoms with Crippen molar-refractivity contribution in [3.05, 3.63) is 44.9 Å². The number of halogens is 1. The summed E-state index contributed by atoms with van der Waals surface area (Å²) in [5.74, 6) is -0.154. The zero-order chi connectivity index (χ0) is 14.7. The molecule has 6 heteroatoms. The van der Waals surface area contributed by atoms with E-state index in [-0.39, 0.29) is 11.9 Å². The molecule has 20 heavy (non-hydrogen) atoms. The highest BCUT2D eigenvalue weighted by Gasteiger charge is 2.16. The monoisotopic (exact) mass is 309 g/mol. The number of pyridine rings is 1. The third kappa shape index (κ3) is 3.29.